The lowest BCUT2D eigenvalue weighted by molar-refractivity contribution is -0.138. The molecular weight excluding hydrogens is 286 g/mol. The first kappa shape index (κ1) is 15.1. The quantitative estimate of drug-likeness (QED) is 0.288. The Hall–Kier alpha value is -3.34. The van der Waals surface area contributed by atoms with Crippen LogP contribution in [0, 0.1) is 11.3 Å². The Morgan fingerprint density at radius 2 is 2.36 bits per heavy atom. The number of nitrogens with two attached hydrogens (primary N) is 1. The molecule has 0 bridgehead atoms. The van der Waals surface area contributed by atoms with E-state index in [1.54, 1.807) is 25.1 Å². The van der Waals surface area contributed by atoms with Crippen LogP contribution in [0.15, 0.2) is 45.4 Å². The van der Waals surface area contributed by atoms with Crippen LogP contribution in [0.1, 0.15) is 6.92 Å². The van der Waals surface area contributed by atoms with Gasteiger partial charge >= 0.3 is 12.0 Å². The zero-order chi connectivity index (χ0) is 15.9. The van der Waals surface area contributed by atoms with Gasteiger partial charge in [-0.25, -0.2) is 9.79 Å². The van der Waals surface area contributed by atoms with E-state index >= 15 is 0 Å². The van der Waals surface area contributed by atoms with Crippen LogP contribution in [0.4, 0.5) is 6.01 Å². The van der Waals surface area contributed by atoms with Gasteiger partial charge in [0, 0.05) is 0 Å². The zero-order valence-electron chi connectivity index (χ0n) is 11.7. The molecule has 0 amide bonds. The van der Waals surface area contributed by atoms with Gasteiger partial charge in [0.15, 0.2) is 11.2 Å². The maximum atomic E-state index is 11.4. The number of rotatable bonds is 4. The lowest BCUT2D eigenvalue weighted by Gasteiger charge is -1.99. The predicted molar refractivity (Wildman–Crippen MR) is 79.6 cm³/mol. The van der Waals surface area contributed by atoms with Crippen LogP contribution in [0.5, 0.6) is 0 Å². The number of carbonyl (C=O) groups excluding carboxylic acids is 1. The van der Waals surface area contributed by atoms with Crippen LogP contribution < -0.4 is 11.1 Å². The number of esters is 1. The minimum absolute atomic E-state index is 0.0800. The van der Waals surface area contributed by atoms with Crippen molar-refractivity contribution in [3.05, 3.63) is 36.0 Å². The van der Waals surface area contributed by atoms with Crippen LogP contribution in [0.2, 0.25) is 0 Å². The van der Waals surface area contributed by atoms with Crippen molar-refractivity contribution < 1.29 is 13.9 Å². The van der Waals surface area contributed by atoms with E-state index in [2.05, 4.69) is 15.3 Å². The summed E-state index contributed by atoms with van der Waals surface area (Å²) in [6.07, 6.45) is 1.02. The van der Waals surface area contributed by atoms with Gasteiger partial charge in [-0.3, -0.25) is 5.32 Å². The second-order valence-corrected chi connectivity index (χ2v) is 4.00. The van der Waals surface area contributed by atoms with Gasteiger partial charge in [0.1, 0.15) is 11.6 Å². The minimum atomic E-state index is -0.761. The molecule has 0 spiro atoms. The number of hydrogen-bond donors (Lipinski definition) is 2. The molecule has 0 saturated heterocycles. The molecule has 8 heteroatoms. The van der Waals surface area contributed by atoms with Crippen molar-refractivity contribution in [2.45, 2.75) is 6.92 Å². The number of aromatic nitrogens is 1. The lowest BCUT2D eigenvalue weighted by Crippen LogP contribution is -2.22. The molecule has 8 nitrogen and oxygen atoms in total. The number of nitrogens with zero attached hydrogens (tertiary/aromatic N) is 3. The number of anilines is 1. The molecule has 0 unspecified atom stereocenters. The number of fused-ring (bicyclic) bond motifs is 1. The largest absolute Gasteiger partial charge is 0.462 e. The smallest absolute Gasteiger partial charge is 0.350 e. The number of ether oxygens (including phenoxy) is 1. The van der Waals surface area contributed by atoms with Crippen molar-refractivity contribution in [3.63, 3.8) is 0 Å². The molecule has 0 aliphatic carbocycles. The van der Waals surface area contributed by atoms with E-state index in [0.29, 0.717) is 11.1 Å². The first-order chi connectivity index (χ1) is 10.6. The first-order valence-electron chi connectivity index (χ1n) is 6.37. The molecule has 2 rings (SSSR count). The van der Waals surface area contributed by atoms with Crippen molar-refractivity contribution in [1.29, 1.82) is 5.26 Å². The maximum Gasteiger partial charge on any atom is 0.350 e. The minimum Gasteiger partial charge on any atom is -0.462 e. The molecular formula is C14H13N5O3. The van der Waals surface area contributed by atoms with Gasteiger partial charge in [-0.15, -0.1) is 0 Å². The molecule has 0 atom stereocenters. The number of carbonyl (C=O) groups is 1. The van der Waals surface area contributed by atoms with E-state index in [1.807, 2.05) is 12.1 Å². The van der Waals surface area contributed by atoms with Gasteiger partial charge in [-0.05, 0) is 19.1 Å². The zero-order valence-corrected chi connectivity index (χ0v) is 11.7. The molecule has 1 aromatic carbocycles. The molecule has 3 N–H and O–H groups in total. The fourth-order valence-corrected chi connectivity index (χ4v) is 1.54. The summed E-state index contributed by atoms with van der Waals surface area (Å²) in [4.78, 5) is 19.3. The average Bonchev–Trinajstić information content (AvgIpc) is 2.90. The molecule has 1 heterocycles. The Morgan fingerprint density at radius 3 is 3.05 bits per heavy atom. The lowest BCUT2D eigenvalue weighted by atomic mass is 10.3. The van der Waals surface area contributed by atoms with Gasteiger partial charge in [0.05, 0.1) is 12.8 Å². The van der Waals surface area contributed by atoms with Crippen LogP contribution in [0.3, 0.4) is 0 Å². The molecule has 112 valence electrons. The summed E-state index contributed by atoms with van der Waals surface area (Å²) in [5, 5.41) is 11.5. The van der Waals surface area contributed by atoms with Crippen molar-refractivity contribution in [2.75, 3.05) is 11.9 Å². The highest BCUT2D eigenvalue weighted by Crippen LogP contribution is 2.17. The van der Waals surface area contributed by atoms with E-state index < -0.39 is 5.97 Å². The van der Waals surface area contributed by atoms with E-state index in [9.17, 15) is 4.79 Å². The van der Waals surface area contributed by atoms with Crippen LogP contribution >= 0.6 is 0 Å². The number of nitrogens with one attached hydrogen (secondary N) is 1. The topological polar surface area (TPSA) is 127 Å². The molecule has 22 heavy (non-hydrogen) atoms. The number of benzene rings is 1. The number of hydrogen-bond acceptors (Lipinski definition) is 6. The highest BCUT2D eigenvalue weighted by atomic mass is 16.5. The predicted octanol–water partition coefficient (Wildman–Crippen LogP) is 1.52. The van der Waals surface area contributed by atoms with Crippen molar-refractivity contribution >= 4 is 29.0 Å². The number of nitriles is 1. The van der Waals surface area contributed by atoms with Crippen LogP contribution in [-0.2, 0) is 9.53 Å². The van der Waals surface area contributed by atoms with Gasteiger partial charge < -0.3 is 14.9 Å². The number of guanidine groups is 1. The summed E-state index contributed by atoms with van der Waals surface area (Å²) >= 11 is 0. The monoisotopic (exact) mass is 299 g/mol. The molecule has 0 radical (unpaired) electrons. The Labute approximate surface area is 125 Å². The Balaban J connectivity index is 2.12. The summed E-state index contributed by atoms with van der Waals surface area (Å²) in [6.45, 7) is 1.80. The average molecular weight is 299 g/mol. The SMILES string of the molecule is CCOC(=O)/C(C#N)=C/N=C(N)Nc1nc2ccccc2o1. The first-order valence-corrected chi connectivity index (χ1v) is 6.37. The van der Waals surface area contributed by atoms with Gasteiger partial charge in [-0.1, -0.05) is 12.1 Å². The van der Waals surface area contributed by atoms with Crippen molar-refractivity contribution in [3.8, 4) is 6.07 Å². The van der Waals surface area contributed by atoms with Gasteiger partial charge in [-0.2, -0.15) is 10.2 Å². The normalized spacial score (nSPS) is 12.0. The third-order valence-corrected chi connectivity index (χ3v) is 2.48. The summed E-state index contributed by atoms with van der Waals surface area (Å²) in [7, 11) is 0. The van der Waals surface area contributed by atoms with E-state index in [1.165, 1.54) is 0 Å². The fourth-order valence-electron chi connectivity index (χ4n) is 1.54. The van der Waals surface area contributed by atoms with Crippen LogP contribution in [-0.4, -0.2) is 23.5 Å². The van der Waals surface area contributed by atoms with E-state index in [0.717, 1.165) is 6.20 Å². The summed E-state index contributed by atoms with van der Waals surface area (Å²) < 4.78 is 10.1. The third-order valence-electron chi connectivity index (χ3n) is 2.48. The molecule has 0 aliphatic rings. The highest BCUT2D eigenvalue weighted by Gasteiger charge is 2.09. The summed E-state index contributed by atoms with van der Waals surface area (Å²) in [5.41, 5.74) is 6.64. The second-order valence-electron chi connectivity index (χ2n) is 4.00. The third kappa shape index (κ3) is 3.61. The van der Waals surface area contributed by atoms with E-state index in [-0.39, 0.29) is 24.2 Å². The summed E-state index contributed by atoms with van der Waals surface area (Å²) in [6, 6.07) is 9.03. The Bertz CT molecular complexity index is 752. The number of aliphatic imine (C=N–C) groups is 1. The van der Waals surface area contributed by atoms with Crippen molar-refractivity contribution in [2.24, 2.45) is 10.7 Å². The van der Waals surface area contributed by atoms with E-state index in [4.69, 9.17) is 20.1 Å². The second kappa shape index (κ2) is 6.90. The molecule has 1 aromatic heterocycles. The number of oxazole rings is 1. The number of para-hydroxylation sites is 2. The molecule has 0 saturated carbocycles. The molecule has 0 aliphatic heterocycles. The van der Waals surface area contributed by atoms with Gasteiger partial charge in [0.2, 0.25) is 5.96 Å². The standard InChI is InChI=1S/C14H13N5O3/c1-2-21-12(20)9(7-15)8-17-13(16)19-14-18-10-5-3-4-6-11(10)22-14/h3-6,8H,2H2,1H3,(H3,16,17,18,19)/b9-8+. The van der Waals surface area contributed by atoms with Crippen LogP contribution in [0.25, 0.3) is 11.1 Å². The Morgan fingerprint density at radius 1 is 1.59 bits per heavy atom. The fraction of sp³-hybridized carbons (Fsp3) is 0.143. The maximum absolute atomic E-state index is 11.4. The summed E-state index contributed by atoms with van der Waals surface area (Å²) in [5.74, 6) is -0.841. The highest BCUT2D eigenvalue weighted by molar-refractivity contribution is 5.95. The molecule has 0 fully saturated rings. The Kier molecular flexibility index (Phi) is 4.72. The van der Waals surface area contributed by atoms with Gasteiger partial charge in [0.25, 0.3) is 0 Å². The molecule has 2 aromatic rings. The van der Waals surface area contributed by atoms with Crippen molar-refractivity contribution in [1.82, 2.24) is 4.98 Å².